The number of hydrogen-bond acceptors (Lipinski definition) is 3. The Hall–Kier alpha value is -1.40. The van der Waals surface area contributed by atoms with Crippen molar-refractivity contribution in [2.24, 2.45) is 0 Å². The molecule has 0 aliphatic carbocycles. The van der Waals surface area contributed by atoms with Crippen molar-refractivity contribution in [2.75, 3.05) is 6.54 Å². The third kappa shape index (κ3) is 3.54. The second-order valence-corrected chi connectivity index (χ2v) is 6.49. The summed E-state index contributed by atoms with van der Waals surface area (Å²) in [4.78, 5) is 11.9. The molecule has 1 atom stereocenters. The fourth-order valence-corrected chi connectivity index (χ4v) is 3.25. The van der Waals surface area contributed by atoms with Gasteiger partial charge < -0.3 is 5.32 Å². The maximum absolute atomic E-state index is 12.2. The highest BCUT2D eigenvalue weighted by molar-refractivity contribution is 7.89. The fraction of sp³-hybridized carbons (Fsp3) is 0.462. The van der Waals surface area contributed by atoms with Crippen molar-refractivity contribution < 1.29 is 13.2 Å². The van der Waals surface area contributed by atoms with Gasteiger partial charge in [0.15, 0.2) is 0 Å². The summed E-state index contributed by atoms with van der Waals surface area (Å²) in [6.07, 6.45) is 2.26. The van der Waals surface area contributed by atoms with Crippen molar-refractivity contribution in [3.05, 3.63) is 29.8 Å². The molecule has 1 aliphatic heterocycles. The van der Waals surface area contributed by atoms with Gasteiger partial charge in [-0.05, 0) is 38.3 Å². The standard InChI is InChI=1S/C13H18N2O3S/c1-10-5-7-11(8-6-10)19(17,18)15-12-4-2-3-9-14-13(12)16/h5-8,12,15H,2-4,9H2,1H3,(H,14,16)/t12-/m0/s1. The van der Waals surface area contributed by atoms with E-state index in [9.17, 15) is 13.2 Å². The van der Waals surface area contributed by atoms with E-state index >= 15 is 0 Å². The zero-order chi connectivity index (χ0) is 13.9. The first kappa shape index (κ1) is 14.0. The van der Waals surface area contributed by atoms with Crippen LogP contribution in [-0.2, 0) is 14.8 Å². The zero-order valence-electron chi connectivity index (χ0n) is 10.8. The summed E-state index contributed by atoms with van der Waals surface area (Å²) in [5.41, 5.74) is 0.992. The number of carbonyl (C=O) groups is 1. The molecule has 6 heteroatoms. The highest BCUT2D eigenvalue weighted by Gasteiger charge is 2.26. The molecule has 1 aromatic carbocycles. The first-order valence-corrected chi connectivity index (χ1v) is 7.84. The SMILES string of the molecule is Cc1ccc(S(=O)(=O)N[C@H]2CCCCNC2=O)cc1. The van der Waals surface area contributed by atoms with Gasteiger partial charge in [0, 0.05) is 6.54 Å². The number of nitrogens with one attached hydrogen (secondary N) is 2. The summed E-state index contributed by atoms with van der Waals surface area (Å²) >= 11 is 0. The van der Waals surface area contributed by atoms with Crippen molar-refractivity contribution in [3.8, 4) is 0 Å². The molecule has 0 spiro atoms. The van der Waals surface area contributed by atoms with E-state index < -0.39 is 16.1 Å². The molecule has 0 bridgehead atoms. The second kappa shape index (κ2) is 5.71. The minimum Gasteiger partial charge on any atom is -0.355 e. The molecule has 2 rings (SSSR count). The van der Waals surface area contributed by atoms with Crippen LogP contribution in [0.5, 0.6) is 0 Å². The lowest BCUT2D eigenvalue weighted by molar-refractivity contribution is -0.122. The smallest absolute Gasteiger partial charge is 0.241 e. The van der Waals surface area contributed by atoms with Gasteiger partial charge in [0.2, 0.25) is 15.9 Å². The van der Waals surface area contributed by atoms with Crippen LogP contribution in [-0.4, -0.2) is 26.9 Å². The van der Waals surface area contributed by atoms with Gasteiger partial charge in [-0.1, -0.05) is 17.7 Å². The van der Waals surface area contributed by atoms with Crippen LogP contribution in [0.15, 0.2) is 29.2 Å². The van der Waals surface area contributed by atoms with E-state index in [1.807, 2.05) is 6.92 Å². The van der Waals surface area contributed by atoms with Gasteiger partial charge in [-0.2, -0.15) is 4.72 Å². The Morgan fingerprint density at radius 1 is 1.21 bits per heavy atom. The maximum atomic E-state index is 12.2. The topological polar surface area (TPSA) is 75.3 Å². The van der Waals surface area contributed by atoms with Crippen LogP contribution in [0.4, 0.5) is 0 Å². The molecule has 1 amide bonds. The van der Waals surface area contributed by atoms with Crippen LogP contribution in [0.2, 0.25) is 0 Å². The molecule has 0 radical (unpaired) electrons. The predicted molar refractivity (Wildman–Crippen MR) is 72.1 cm³/mol. The van der Waals surface area contributed by atoms with Crippen LogP contribution in [0, 0.1) is 6.92 Å². The summed E-state index contributed by atoms with van der Waals surface area (Å²) in [5.74, 6) is -0.242. The van der Waals surface area contributed by atoms with Crippen LogP contribution < -0.4 is 10.0 Å². The van der Waals surface area contributed by atoms with Gasteiger partial charge in [-0.3, -0.25) is 4.79 Å². The summed E-state index contributed by atoms with van der Waals surface area (Å²) in [6, 6.07) is 5.90. The van der Waals surface area contributed by atoms with Gasteiger partial charge in [-0.25, -0.2) is 8.42 Å². The number of hydrogen-bond donors (Lipinski definition) is 2. The van der Waals surface area contributed by atoms with Crippen LogP contribution in [0.25, 0.3) is 0 Å². The van der Waals surface area contributed by atoms with E-state index in [4.69, 9.17) is 0 Å². The average molecular weight is 282 g/mol. The van der Waals surface area contributed by atoms with Crippen LogP contribution >= 0.6 is 0 Å². The lowest BCUT2D eigenvalue weighted by atomic mass is 10.1. The Kier molecular flexibility index (Phi) is 4.21. The first-order valence-electron chi connectivity index (χ1n) is 6.36. The van der Waals surface area contributed by atoms with Crippen molar-refractivity contribution >= 4 is 15.9 Å². The molecule has 0 unspecified atom stereocenters. The Morgan fingerprint density at radius 3 is 2.58 bits per heavy atom. The van der Waals surface area contributed by atoms with E-state index in [1.165, 1.54) is 0 Å². The zero-order valence-corrected chi connectivity index (χ0v) is 11.7. The minimum absolute atomic E-state index is 0.190. The average Bonchev–Trinajstić information content (AvgIpc) is 2.55. The summed E-state index contributed by atoms with van der Waals surface area (Å²) in [7, 11) is -3.64. The molecule has 0 saturated carbocycles. The van der Waals surface area contributed by atoms with E-state index in [0.717, 1.165) is 18.4 Å². The predicted octanol–water partition coefficient (Wildman–Crippen LogP) is 0.942. The largest absolute Gasteiger partial charge is 0.355 e. The molecule has 1 saturated heterocycles. The molecule has 1 aromatic rings. The number of sulfonamides is 1. The summed E-state index contributed by atoms with van der Waals surface area (Å²) in [5, 5.41) is 2.71. The maximum Gasteiger partial charge on any atom is 0.241 e. The van der Waals surface area contributed by atoms with Gasteiger partial charge in [0.1, 0.15) is 6.04 Å². The normalized spacial score (nSPS) is 20.7. The van der Waals surface area contributed by atoms with Crippen molar-refractivity contribution in [1.29, 1.82) is 0 Å². The van der Waals surface area contributed by atoms with Crippen LogP contribution in [0.1, 0.15) is 24.8 Å². The third-order valence-electron chi connectivity index (χ3n) is 3.16. The molecule has 19 heavy (non-hydrogen) atoms. The second-order valence-electron chi connectivity index (χ2n) is 4.77. The molecule has 5 nitrogen and oxygen atoms in total. The summed E-state index contributed by atoms with van der Waals surface area (Å²) in [6.45, 7) is 2.50. The number of amides is 1. The van der Waals surface area contributed by atoms with Crippen molar-refractivity contribution in [1.82, 2.24) is 10.0 Å². The van der Waals surface area contributed by atoms with E-state index in [-0.39, 0.29) is 10.8 Å². The minimum atomic E-state index is -3.64. The van der Waals surface area contributed by atoms with Gasteiger partial charge >= 0.3 is 0 Å². The molecule has 1 aliphatic rings. The number of benzene rings is 1. The van der Waals surface area contributed by atoms with Gasteiger partial charge in [0.05, 0.1) is 4.90 Å². The van der Waals surface area contributed by atoms with Gasteiger partial charge in [0.25, 0.3) is 0 Å². The number of carbonyl (C=O) groups excluding carboxylic acids is 1. The Bertz CT molecular complexity index is 552. The molecule has 2 N–H and O–H groups in total. The quantitative estimate of drug-likeness (QED) is 0.866. The number of aryl methyl sites for hydroxylation is 1. The molecule has 0 aromatic heterocycles. The van der Waals surface area contributed by atoms with Crippen molar-refractivity contribution in [3.63, 3.8) is 0 Å². The Morgan fingerprint density at radius 2 is 1.89 bits per heavy atom. The molecular formula is C13H18N2O3S. The fourth-order valence-electron chi connectivity index (χ4n) is 2.02. The summed E-state index contributed by atoms with van der Waals surface area (Å²) < 4.78 is 26.8. The molecule has 1 fully saturated rings. The van der Waals surface area contributed by atoms with E-state index in [2.05, 4.69) is 10.0 Å². The Balaban J connectivity index is 2.16. The first-order chi connectivity index (χ1) is 8.99. The molecule has 1 heterocycles. The highest BCUT2D eigenvalue weighted by atomic mass is 32.2. The number of rotatable bonds is 3. The molecular weight excluding hydrogens is 264 g/mol. The Labute approximate surface area is 113 Å². The van der Waals surface area contributed by atoms with E-state index in [1.54, 1.807) is 24.3 Å². The van der Waals surface area contributed by atoms with Crippen LogP contribution in [0.3, 0.4) is 0 Å². The van der Waals surface area contributed by atoms with E-state index in [0.29, 0.717) is 13.0 Å². The lowest BCUT2D eigenvalue weighted by Gasteiger charge is -2.15. The van der Waals surface area contributed by atoms with Crippen molar-refractivity contribution in [2.45, 2.75) is 37.1 Å². The highest BCUT2D eigenvalue weighted by Crippen LogP contribution is 2.13. The third-order valence-corrected chi connectivity index (χ3v) is 4.65. The van der Waals surface area contributed by atoms with Gasteiger partial charge in [-0.15, -0.1) is 0 Å². The lowest BCUT2D eigenvalue weighted by Crippen LogP contribution is -2.45. The monoisotopic (exact) mass is 282 g/mol. The molecule has 104 valence electrons.